The summed E-state index contributed by atoms with van der Waals surface area (Å²) in [7, 11) is 1.72. The number of hydrazone groups is 1. The molecular weight excluding hydrogens is 174 g/mol. The summed E-state index contributed by atoms with van der Waals surface area (Å²) in [6, 6.07) is 0. The summed E-state index contributed by atoms with van der Waals surface area (Å²) in [6.45, 7) is 7.92. The molecule has 0 aromatic heterocycles. The van der Waals surface area contributed by atoms with Gasteiger partial charge in [-0.1, -0.05) is 11.6 Å². The summed E-state index contributed by atoms with van der Waals surface area (Å²) in [5, 5.41) is 5.85. The van der Waals surface area contributed by atoms with Crippen molar-refractivity contribution in [1.29, 1.82) is 0 Å². The second kappa shape index (κ2) is 5.77. The maximum absolute atomic E-state index is 5.89. The Bertz CT molecular complexity index is 208. The first kappa shape index (κ1) is 11.2. The van der Waals surface area contributed by atoms with Crippen LogP contribution in [-0.4, -0.2) is 31.0 Å². The minimum absolute atomic E-state index is 0.538. The van der Waals surface area contributed by atoms with E-state index in [1.165, 1.54) is 0 Å². The number of allylic oxidation sites excluding steroid dienone is 1. The topological polar surface area (TPSA) is 28.0 Å². The molecule has 12 heavy (non-hydrogen) atoms. The zero-order valence-corrected chi connectivity index (χ0v) is 8.47. The largest absolute Gasteiger partial charge is 0.293 e. The van der Waals surface area contributed by atoms with Gasteiger partial charge in [-0.15, -0.1) is 0 Å². The highest BCUT2D eigenvalue weighted by molar-refractivity contribution is 6.30. The molecule has 0 rings (SSSR count). The highest BCUT2D eigenvalue weighted by atomic mass is 35.5. The van der Waals surface area contributed by atoms with E-state index in [9.17, 15) is 0 Å². The van der Waals surface area contributed by atoms with Crippen molar-refractivity contribution >= 4 is 24.0 Å². The maximum atomic E-state index is 5.89. The Hall–Kier alpha value is -0.830. The molecule has 3 nitrogen and oxygen atoms in total. The van der Waals surface area contributed by atoms with E-state index in [4.69, 9.17) is 11.6 Å². The Morgan fingerprint density at radius 2 is 2.25 bits per heavy atom. The van der Waals surface area contributed by atoms with E-state index < -0.39 is 0 Å². The number of hydrogen-bond acceptors (Lipinski definition) is 3. The molecule has 0 radical (unpaired) electrons. The Morgan fingerprint density at radius 1 is 1.67 bits per heavy atom. The molecule has 0 aromatic rings. The summed E-state index contributed by atoms with van der Waals surface area (Å²) in [4.78, 5) is 3.95. The van der Waals surface area contributed by atoms with Crippen LogP contribution < -0.4 is 0 Å². The second-order valence-corrected chi connectivity index (χ2v) is 2.58. The summed E-state index contributed by atoms with van der Waals surface area (Å²) < 4.78 is 0. The number of rotatable bonds is 4. The average Bonchev–Trinajstić information content (AvgIpc) is 2.06. The van der Waals surface area contributed by atoms with E-state index >= 15 is 0 Å². The molecule has 0 amide bonds. The van der Waals surface area contributed by atoms with Gasteiger partial charge in [-0.3, -0.25) is 10.0 Å². The molecule has 0 N–H and O–H groups in total. The summed E-state index contributed by atoms with van der Waals surface area (Å²) in [6.07, 6.45) is 1.75. The molecule has 0 heterocycles. The highest BCUT2D eigenvalue weighted by Gasteiger charge is 2.00. The molecule has 0 fully saturated rings. The Labute approximate surface area is 78.4 Å². The second-order valence-electron chi connectivity index (χ2n) is 2.19. The number of halogens is 1. The third kappa shape index (κ3) is 3.53. The van der Waals surface area contributed by atoms with Crippen molar-refractivity contribution < 1.29 is 0 Å². The van der Waals surface area contributed by atoms with Crippen molar-refractivity contribution in [1.82, 2.24) is 5.01 Å². The predicted molar refractivity (Wildman–Crippen MR) is 54.9 cm³/mol. The van der Waals surface area contributed by atoms with Gasteiger partial charge in [0.1, 0.15) is 5.16 Å². The van der Waals surface area contributed by atoms with Gasteiger partial charge in [0.05, 0.1) is 0 Å². The molecule has 0 aliphatic carbocycles. The number of nitrogens with zero attached hydrogens (tertiary/aromatic N) is 3. The molecule has 0 atom stereocenters. The van der Waals surface area contributed by atoms with E-state index in [1.54, 1.807) is 18.1 Å². The van der Waals surface area contributed by atoms with Crippen molar-refractivity contribution in [2.24, 2.45) is 10.1 Å². The zero-order valence-electron chi connectivity index (χ0n) is 7.71. The van der Waals surface area contributed by atoms with Crippen LogP contribution in [0.15, 0.2) is 21.3 Å². The monoisotopic (exact) mass is 187 g/mol. The fourth-order valence-electron chi connectivity index (χ4n) is 0.630. The Balaban J connectivity index is 4.44. The van der Waals surface area contributed by atoms with Gasteiger partial charge in [0.25, 0.3) is 0 Å². The van der Waals surface area contributed by atoms with Crippen molar-refractivity contribution in [2.45, 2.75) is 13.8 Å². The van der Waals surface area contributed by atoms with Crippen molar-refractivity contribution in [2.75, 3.05) is 13.6 Å². The van der Waals surface area contributed by atoms with Crippen molar-refractivity contribution in [3.63, 3.8) is 0 Å². The predicted octanol–water partition coefficient (Wildman–Crippen LogP) is 2.09. The third-order valence-electron chi connectivity index (χ3n) is 1.40. The van der Waals surface area contributed by atoms with Crippen LogP contribution in [-0.2, 0) is 0 Å². The van der Waals surface area contributed by atoms with Gasteiger partial charge >= 0.3 is 0 Å². The molecule has 0 bridgehead atoms. The standard InChI is InChI=1S/C8H14ClN3/c1-5-12(11-4)8(9)6-7(2)10-3/h6H,4-5H2,1-3H3/b8-6-,10-7?. The van der Waals surface area contributed by atoms with Crippen LogP contribution in [0.4, 0.5) is 0 Å². The molecule has 0 aliphatic heterocycles. The molecule has 0 aliphatic rings. The fraction of sp³-hybridized carbons (Fsp3) is 0.500. The van der Waals surface area contributed by atoms with Crippen LogP contribution in [0.1, 0.15) is 13.8 Å². The molecule has 0 spiro atoms. The Kier molecular flexibility index (Phi) is 5.37. The zero-order chi connectivity index (χ0) is 9.56. The fourth-order valence-corrected chi connectivity index (χ4v) is 0.961. The van der Waals surface area contributed by atoms with Gasteiger partial charge in [0, 0.05) is 26.0 Å². The normalized spacial score (nSPS) is 13.0. The summed E-state index contributed by atoms with van der Waals surface area (Å²) >= 11 is 5.89. The van der Waals surface area contributed by atoms with Crippen LogP contribution in [0.2, 0.25) is 0 Å². The Morgan fingerprint density at radius 3 is 2.58 bits per heavy atom. The smallest absolute Gasteiger partial charge is 0.127 e. The summed E-state index contributed by atoms with van der Waals surface area (Å²) in [5.74, 6) is 0. The van der Waals surface area contributed by atoms with Gasteiger partial charge < -0.3 is 0 Å². The summed E-state index contributed by atoms with van der Waals surface area (Å²) in [5.41, 5.74) is 0.863. The van der Waals surface area contributed by atoms with Gasteiger partial charge in [-0.2, -0.15) is 5.10 Å². The molecule has 68 valence electrons. The maximum Gasteiger partial charge on any atom is 0.127 e. The first-order valence-corrected chi connectivity index (χ1v) is 4.08. The molecular formula is C8H14ClN3. The van der Waals surface area contributed by atoms with Gasteiger partial charge in [-0.25, -0.2) is 0 Å². The van der Waals surface area contributed by atoms with Crippen molar-refractivity contribution in [3.05, 3.63) is 11.2 Å². The van der Waals surface area contributed by atoms with Crippen LogP contribution >= 0.6 is 11.6 Å². The molecule has 0 unspecified atom stereocenters. The van der Waals surface area contributed by atoms with Crippen LogP contribution in [0.3, 0.4) is 0 Å². The van der Waals surface area contributed by atoms with Gasteiger partial charge in [-0.05, 0) is 19.9 Å². The molecule has 0 saturated heterocycles. The van der Waals surface area contributed by atoms with Crippen LogP contribution in [0, 0.1) is 0 Å². The SMILES string of the molecule is C=NN(CC)/C(Cl)=C\C(C)=NC. The average molecular weight is 188 g/mol. The van der Waals surface area contributed by atoms with Crippen molar-refractivity contribution in [3.8, 4) is 0 Å². The highest BCUT2D eigenvalue weighted by Crippen LogP contribution is 2.09. The van der Waals surface area contributed by atoms with Crippen LogP contribution in [0.25, 0.3) is 0 Å². The lowest BCUT2D eigenvalue weighted by atomic mass is 10.4. The molecule has 0 aromatic carbocycles. The van der Waals surface area contributed by atoms with E-state index in [2.05, 4.69) is 16.8 Å². The lowest BCUT2D eigenvalue weighted by molar-refractivity contribution is 0.413. The third-order valence-corrected chi connectivity index (χ3v) is 1.70. The van der Waals surface area contributed by atoms with E-state index in [-0.39, 0.29) is 0 Å². The first-order valence-electron chi connectivity index (χ1n) is 3.70. The number of aliphatic imine (C=N–C) groups is 1. The minimum Gasteiger partial charge on any atom is -0.293 e. The van der Waals surface area contributed by atoms with E-state index in [0.29, 0.717) is 11.7 Å². The molecule has 0 saturated carbocycles. The van der Waals surface area contributed by atoms with Gasteiger partial charge in [0.15, 0.2) is 0 Å². The minimum atomic E-state index is 0.538. The quantitative estimate of drug-likeness (QED) is 0.376. The first-order chi connectivity index (χ1) is 5.65. The van der Waals surface area contributed by atoms with E-state index in [0.717, 1.165) is 5.71 Å². The lowest BCUT2D eigenvalue weighted by Crippen LogP contribution is -2.12. The number of hydrogen-bond donors (Lipinski definition) is 0. The molecule has 4 heteroatoms. The van der Waals surface area contributed by atoms with Crippen LogP contribution in [0.5, 0.6) is 0 Å². The van der Waals surface area contributed by atoms with E-state index in [1.807, 2.05) is 13.8 Å². The lowest BCUT2D eigenvalue weighted by Gasteiger charge is -2.13. The van der Waals surface area contributed by atoms with Gasteiger partial charge in [0.2, 0.25) is 0 Å².